The quantitative estimate of drug-likeness (QED) is 0.600. The van der Waals surface area contributed by atoms with E-state index in [9.17, 15) is 0 Å². The molecule has 0 saturated heterocycles. The summed E-state index contributed by atoms with van der Waals surface area (Å²) in [6.45, 7) is 2.00. The zero-order valence-electron chi connectivity index (χ0n) is 10.0. The van der Waals surface area contributed by atoms with Gasteiger partial charge in [0.05, 0.1) is 6.04 Å². The molecule has 1 heterocycles. The van der Waals surface area contributed by atoms with Crippen LogP contribution in [0.5, 0.6) is 0 Å². The molecule has 1 aromatic heterocycles. The van der Waals surface area contributed by atoms with Crippen molar-refractivity contribution >= 4 is 21.7 Å². The normalized spacial score (nSPS) is 12.4. The van der Waals surface area contributed by atoms with Crippen molar-refractivity contribution in [3.8, 4) is 0 Å². The van der Waals surface area contributed by atoms with Crippen LogP contribution in [0.2, 0.25) is 0 Å². The molecule has 1 atom stereocenters. The third-order valence-electron chi connectivity index (χ3n) is 2.88. The van der Waals surface area contributed by atoms with Crippen molar-refractivity contribution in [1.29, 1.82) is 0 Å². The van der Waals surface area contributed by atoms with E-state index in [4.69, 9.17) is 11.6 Å². The molecular weight excluding hydrogens is 292 g/mol. The van der Waals surface area contributed by atoms with Gasteiger partial charge in [0.15, 0.2) is 0 Å². The van der Waals surface area contributed by atoms with E-state index in [0.29, 0.717) is 5.82 Å². The Morgan fingerprint density at radius 3 is 2.72 bits per heavy atom. The van der Waals surface area contributed by atoms with Crippen LogP contribution in [-0.2, 0) is 0 Å². The van der Waals surface area contributed by atoms with Crippen LogP contribution in [0.1, 0.15) is 22.7 Å². The number of halogens is 1. The number of nitrogens with zero attached hydrogens (tertiary/aromatic N) is 1. The first-order valence-electron chi connectivity index (χ1n) is 5.56. The first-order valence-corrected chi connectivity index (χ1v) is 6.35. The van der Waals surface area contributed by atoms with Gasteiger partial charge in [-0.1, -0.05) is 28.1 Å². The molecule has 0 aliphatic heterocycles. The van der Waals surface area contributed by atoms with Crippen LogP contribution in [-0.4, -0.2) is 4.98 Å². The maximum atomic E-state index is 5.95. The largest absolute Gasteiger partial charge is 0.383 e. The van der Waals surface area contributed by atoms with Gasteiger partial charge in [0.1, 0.15) is 5.82 Å². The minimum absolute atomic E-state index is 0.170. The molecule has 5 heteroatoms. The Morgan fingerprint density at radius 2 is 2.11 bits per heavy atom. The van der Waals surface area contributed by atoms with E-state index in [1.807, 2.05) is 37.3 Å². The molecule has 0 spiro atoms. The summed E-state index contributed by atoms with van der Waals surface area (Å²) in [5.74, 6) is 6.17. The first-order chi connectivity index (χ1) is 8.63. The number of benzene rings is 1. The van der Waals surface area contributed by atoms with Crippen molar-refractivity contribution in [2.45, 2.75) is 13.0 Å². The topological polar surface area (TPSA) is 77.0 Å². The van der Waals surface area contributed by atoms with Gasteiger partial charge in [-0.05, 0) is 36.2 Å². The summed E-state index contributed by atoms with van der Waals surface area (Å²) in [7, 11) is 0. The van der Waals surface area contributed by atoms with Crippen LogP contribution in [0.4, 0.5) is 5.82 Å². The summed E-state index contributed by atoms with van der Waals surface area (Å²) in [4.78, 5) is 4.13. The van der Waals surface area contributed by atoms with E-state index in [0.717, 1.165) is 21.2 Å². The number of hydrogen-bond acceptors (Lipinski definition) is 4. The van der Waals surface area contributed by atoms with Crippen molar-refractivity contribution in [3.05, 3.63) is 57.7 Å². The standard InChI is InChI=1S/C13H15BrN4/c1-8-5-6-17-13(15)11(8)12(18-16)9-3-2-4-10(14)7-9/h2-7,12,18H,16H2,1H3,(H2,15,17). The molecule has 0 saturated carbocycles. The highest BCUT2D eigenvalue weighted by atomic mass is 79.9. The second-order valence-electron chi connectivity index (χ2n) is 4.08. The van der Waals surface area contributed by atoms with Crippen LogP contribution in [0.15, 0.2) is 41.0 Å². The van der Waals surface area contributed by atoms with Gasteiger partial charge in [0.2, 0.25) is 0 Å². The van der Waals surface area contributed by atoms with Gasteiger partial charge in [0.25, 0.3) is 0 Å². The first kappa shape index (κ1) is 13.0. The van der Waals surface area contributed by atoms with Crippen LogP contribution >= 0.6 is 15.9 Å². The number of nitrogens with one attached hydrogen (secondary N) is 1. The molecule has 2 aromatic rings. The average molecular weight is 307 g/mol. The van der Waals surface area contributed by atoms with Crippen LogP contribution in [0.25, 0.3) is 0 Å². The van der Waals surface area contributed by atoms with E-state index < -0.39 is 0 Å². The fourth-order valence-electron chi connectivity index (χ4n) is 2.00. The number of nitrogen functional groups attached to an aromatic ring is 1. The molecule has 0 fully saturated rings. The number of aromatic nitrogens is 1. The van der Waals surface area contributed by atoms with Gasteiger partial charge in [-0.2, -0.15) is 0 Å². The molecule has 1 aromatic carbocycles. The highest BCUT2D eigenvalue weighted by molar-refractivity contribution is 9.10. The number of hydrazine groups is 1. The summed E-state index contributed by atoms with van der Waals surface area (Å²) in [6, 6.07) is 9.70. The van der Waals surface area contributed by atoms with Gasteiger partial charge in [-0.3, -0.25) is 5.84 Å². The predicted molar refractivity (Wildman–Crippen MR) is 76.7 cm³/mol. The lowest BCUT2D eigenvalue weighted by atomic mass is 9.96. The molecule has 0 aliphatic carbocycles. The summed E-state index contributed by atoms with van der Waals surface area (Å²) in [6.07, 6.45) is 1.70. The molecule has 2 rings (SSSR count). The van der Waals surface area contributed by atoms with Crippen LogP contribution in [0, 0.1) is 6.92 Å². The summed E-state index contributed by atoms with van der Waals surface area (Å²) >= 11 is 3.45. The van der Waals surface area contributed by atoms with E-state index in [1.165, 1.54) is 0 Å². The molecular formula is C13H15BrN4. The van der Waals surface area contributed by atoms with Gasteiger partial charge in [-0.15, -0.1) is 0 Å². The fourth-order valence-corrected chi connectivity index (χ4v) is 2.42. The number of hydrogen-bond donors (Lipinski definition) is 3. The van der Waals surface area contributed by atoms with Crippen molar-refractivity contribution < 1.29 is 0 Å². The Balaban J connectivity index is 2.52. The second kappa shape index (κ2) is 5.48. The lowest BCUT2D eigenvalue weighted by Crippen LogP contribution is -2.30. The van der Waals surface area contributed by atoms with Crippen molar-refractivity contribution in [3.63, 3.8) is 0 Å². The smallest absolute Gasteiger partial charge is 0.128 e. The molecule has 0 amide bonds. The lowest BCUT2D eigenvalue weighted by molar-refractivity contribution is 0.633. The molecule has 0 aliphatic rings. The Morgan fingerprint density at radius 1 is 1.33 bits per heavy atom. The third-order valence-corrected chi connectivity index (χ3v) is 3.37. The summed E-state index contributed by atoms with van der Waals surface area (Å²) < 4.78 is 1.00. The molecule has 94 valence electrons. The average Bonchev–Trinajstić information content (AvgIpc) is 2.34. The SMILES string of the molecule is Cc1ccnc(N)c1C(NN)c1cccc(Br)c1. The molecule has 0 bridgehead atoms. The van der Waals surface area contributed by atoms with Gasteiger partial charge in [0, 0.05) is 16.2 Å². The van der Waals surface area contributed by atoms with Gasteiger partial charge in [-0.25, -0.2) is 10.4 Å². The van der Waals surface area contributed by atoms with E-state index >= 15 is 0 Å². The van der Waals surface area contributed by atoms with E-state index in [2.05, 4.69) is 26.3 Å². The zero-order chi connectivity index (χ0) is 13.1. The number of anilines is 1. The highest BCUT2D eigenvalue weighted by Crippen LogP contribution is 2.29. The Bertz CT molecular complexity index is 536. The Hall–Kier alpha value is -1.43. The van der Waals surface area contributed by atoms with Gasteiger partial charge >= 0.3 is 0 Å². The second-order valence-corrected chi connectivity index (χ2v) is 5.00. The van der Waals surface area contributed by atoms with Gasteiger partial charge < -0.3 is 5.73 Å². The maximum Gasteiger partial charge on any atom is 0.128 e. The third kappa shape index (κ3) is 2.53. The zero-order valence-corrected chi connectivity index (χ0v) is 11.6. The summed E-state index contributed by atoms with van der Waals surface area (Å²) in [5.41, 5.74) is 11.8. The lowest BCUT2D eigenvalue weighted by Gasteiger charge is -2.20. The Kier molecular flexibility index (Phi) is 3.96. The highest BCUT2D eigenvalue weighted by Gasteiger charge is 2.18. The van der Waals surface area contributed by atoms with E-state index in [1.54, 1.807) is 6.20 Å². The van der Waals surface area contributed by atoms with Crippen molar-refractivity contribution in [2.75, 3.05) is 5.73 Å². The van der Waals surface area contributed by atoms with Crippen LogP contribution in [0.3, 0.4) is 0 Å². The predicted octanol–water partition coefficient (Wildman–Crippen LogP) is 2.29. The molecule has 4 nitrogen and oxygen atoms in total. The monoisotopic (exact) mass is 306 g/mol. The van der Waals surface area contributed by atoms with Crippen molar-refractivity contribution in [1.82, 2.24) is 10.4 Å². The molecule has 5 N–H and O–H groups in total. The minimum atomic E-state index is -0.170. The molecule has 0 radical (unpaired) electrons. The number of pyridine rings is 1. The van der Waals surface area contributed by atoms with Crippen molar-refractivity contribution in [2.24, 2.45) is 5.84 Å². The minimum Gasteiger partial charge on any atom is -0.383 e. The molecule has 18 heavy (non-hydrogen) atoms. The van der Waals surface area contributed by atoms with E-state index in [-0.39, 0.29) is 6.04 Å². The van der Waals surface area contributed by atoms with Crippen LogP contribution < -0.4 is 17.0 Å². The number of rotatable bonds is 3. The number of nitrogens with two attached hydrogens (primary N) is 2. The molecule has 1 unspecified atom stereocenters. The Labute approximate surface area is 115 Å². The fraction of sp³-hybridized carbons (Fsp3) is 0.154. The maximum absolute atomic E-state index is 5.95. The summed E-state index contributed by atoms with van der Waals surface area (Å²) in [5, 5.41) is 0. The number of aryl methyl sites for hydroxylation is 1.